The minimum Gasteiger partial charge on any atom is -0.469 e. The third-order valence-corrected chi connectivity index (χ3v) is 3.97. The summed E-state index contributed by atoms with van der Waals surface area (Å²) in [6.45, 7) is 0. The van der Waals surface area contributed by atoms with Crippen molar-refractivity contribution in [2.75, 3.05) is 0 Å². The third-order valence-electron chi connectivity index (χ3n) is 3.97. The van der Waals surface area contributed by atoms with Gasteiger partial charge in [-0.25, -0.2) is 4.39 Å². The molecule has 3 rings (SSSR count). The number of fused-ring (bicyclic) bond motifs is 1. The summed E-state index contributed by atoms with van der Waals surface area (Å²) in [5, 5.41) is 13.8. The van der Waals surface area contributed by atoms with Crippen LogP contribution in [0.5, 0.6) is 0 Å². The van der Waals surface area contributed by atoms with Crippen LogP contribution in [0.1, 0.15) is 35.8 Å². The van der Waals surface area contributed by atoms with Crippen molar-refractivity contribution in [3.63, 3.8) is 0 Å². The van der Waals surface area contributed by atoms with Gasteiger partial charge in [0.1, 0.15) is 11.6 Å². The number of carbonyl (C=O) groups is 1. The predicted molar refractivity (Wildman–Crippen MR) is 84.6 cm³/mol. The fourth-order valence-electron chi connectivity index (χ4n) is 2.84. The highest BCUT2D eigenvalue weighted by Gasteiger charge is 2.23. The lowest BCUT2D eigenvalue weighted by atomic mass is 9.93. The molecule has 1 amide bonds. The van der Waals surface area contributed by atoms with Gasteiger partial charge in [0.05, 0.1) is 28.9 Å². The summed E-state index contributed by atoms with van der Waals surface area (Å²) in [6, 6.07) is 4.92. The maximum absolute atomic E-state index is 13.1. The monoisotopic (exact) mass is 330 g/mol. The summed E-state index contributed by atoms with van der Waals surface area (Å²) in [6.07, 6.45) is 6.71. The Morgan fingerprint density at radius 2 is 2.25 bits per heavy atom. The number of furan rings is 1. The van der Waals surface area contributed by atoms with Crippen molar-refractivity contribution in [1.82, 2.24) is 5.32 Å². The van der Waals surface area contributed by atoms with Crippen molar-refractivity contribution < 1.29 is 18.5 Å². The number of benzene rings is 1. The molecule has 1 N–H and O–H groups in total. The minimum atomic E-state index is -0.696. The normalized spacial score (nSPS) is 16.8. The van der Waals surface area contributed by atoms with Gasteiger partial charge in [-0.05, 0) is 37.1 Å². The van der Waals surface area contributed by atoms with Crippen LogP contribution >= 0.6 is 0 Å². The molecule has 2 aromatic rings. The molecule has 1 aromatic carbocycles. The number of rotatable bonds is 4. The molecule has 6 nitrogen and oxygen atoms in total. The Bertz CT molecular complexity index is 813. The summed E-state index contributed by atoms with van der Waals surface area (Å²) in [7, 11) is 0. The molecule has 24 heavy (non-hydrogen) atoms. The molecular formula is C17H15FN2O4. The topological polar surface area (TPSA) is 85.4 Å². The average Bonchev–Trinajstić information content (AvgIpc) is 3.03. The first-order valence-electron chi connectivity index (χ1n) is 7.53. The van der Waals surface area contributed by atoms with Crippen molar-refractivity contribution in [3.8, 4) is 0 Å². The fourth-order valence-corrected chi connectivity index (χ4v) is 2.84. The molecule has 1 unspecified atom stereocenters. The van der Waals surface area contributed by atoms with E-state index in [1.165, 1.54) is 18.2 Å². The van der Waals surface area contributed by atoms with Gasteiger partial charge in [-0.15, -0.1) is 0 Å². The quantitative estimate of drug-likeness (QED) is 0.528. The van der Waals surface area contributed by atoms with Crippen LogP contribution in [0, 0.1) is 15.9 Å². The zero-order valence-electron chi connectivity index (χ0n) is 12.7. The van der Waals surface area contributed by atoms with Gasteiger partial charge >= 0.3 is 0 Å². The molecule has 0 saturated heterocycles. The van der Waals surface area contributed by atoms with Gasteiger partial charge < -0.3 is 9.73 Å². The molecular weight excluding hydrogens is 315 g/mol. The molecule has 1 aromatic heterocycles. The number of aryl methyl sites for hydroxylation is 1. The van der Waals surface area contributed by atoms with Crippen LogP contribution in [0.3, 0.4) is 0 Å². The average molecular weight is 330 g/mol. The first kappa shape index (κ1) is 15.9. The largest absolute Gasteiger partial charge is 0.469 e. The Balaban J connectivity index is 1.72. The fraction of sp³-hybridized carbons (Fsp3) is 0.235. The minimum absolute atomic E-state index is 0.132. The number of hydrogen-bond acceptors (Lipinski definition) is 4. The van der Waals surface area contributed by atoms with Crippen LogP contribution in [-0.2, 0) is 11.2 Å². The molecule has 0 fully saturated rings. The summed E-state index contributed by atoms with van der Waals surface area (Å²) >= 11 is 0. The van der Waals surface area contributed by atoms with Crippen molar-refractivity contribution in [1.29, 1.82) is 0 Å². The first-order chi connectivity index (χ1) is 11.5. The summed E-state index contributed by atoms with van der Waals surface area (Å²) < 4.78 is 18.5. The second-order valence-electron chi connectivity index (χ2n) is 5.55. The van der Waals surface area contributed by atoms with E-state index >= 15 is 0 Å². The summed E-state index contributed by atoms with van der Waals surface area (Å²) in [5.74, 6) is -0.185. The van der Waals surface area contributed by atoms with E-state index in [4.69, 9.17) is 4.42 Å². The first-order valence-corrected chi connectivity index (χ1v) is 7.53. The van der Waals surface area contributed by atoms with Gasteiger partial charge in [0.2, 0.25) is 5.91 Å². The summed E-state index contributed by atoms with van der Waals surface area (Å²) in [4.78, 5) is 22.3. The lowest BCUT2D eigenvalue weighted by Crippen LogP contribution is -2.29. The molecule has 7 heteroatoms. The molecule has 0 saturated carbocycles. The van der Waals surface area contributed by atoms with Gasteiger partial charge in [-0.2, -0.15) is 0 Å². The van der Waals surface area contributed by atoms with Crippen molar-refractivity contribution in [2.24, 2.45) is 0 Å². The molecule has 124 valence electrons. The van der Waals surface area contributed by atoms with Crippen LogP contribution in [0.15, 0.2) is 41.0 Å². The lowest BCUT2D eigenvalue weighted by Gasteiger charge is -2.21. The number of hydrogen-bond donors (Lipinski definition) is 1. The molecule has 0 spiro atoms. The van der Waals surface area contributed by atoms with Crippen molar-refractivity contribution >= 4 is 17.7 Å². The Labute approximate surface area is 137 Å². The Morgan fingerprint density at radius 3 is 3.04 bits per heavy atom. The van der Waals surface area contributed by atoms with E-state index in [9.17, 15) is 19.3 Å². The third kappa shape index (κ3) is 3.34. The highest BCUT2D eigenvalue weighted by molar-refractivity contribution is 5.92. The Morgan fingerprint density at radius 1 is 1.42 bits per heavy atom. The molecule has 0 bridgehead atoms. The van der Waals surface area contributed by atoms with Gasteiger partial charge in [0.15, 0.2) is 0 Å². The smallest absolute Gasteiger partial charge is 0.279 e. The molecule has 1 atom stereocenters. The Hall–Kier alpha value is -2.96. The molecule has 1 aliphatic rings. The second-order valence-corrected chi connectivity index (χ2v) is 5.55. The lowest BCUT2D eigenvalue weighted by molar-refractivity contribution is -0.385. The molecule has 0 radical (unpaired) electrons. The van der Waals surface area contributed by atoms with E-state index in [0.29, 0.717) is 0 Å². The van der Waals surface area contributed by atoms with Gasteiger partial charge in [-0.1, -0.05) is 0 Å². The molecule has 1 heterocycles. The second kappa shape index (κ2) is 6.66. The van der Waals surface area contributed by atoms with E-state index < -0.39 is 10.7 Å². The van der Waals surface area contributed by atoms with Crippen molar-refractivity contribution in [2.45, 2.75) is 25.3 Å². The van der Waals surface area contributed by atoms with Gasteiger partial charge in [0, 0.05) is 18.1 Å². The van der Waals surface area contributed by atoms with E-state index in [2.05, 4.69) is 5.32 Å². The van der Waals surface area contributed by atoms with Crippen LogP contribution < -0.4 is 5.32 Å². The predicted octanol–water partition coefficient (Wildman–Crippen LogP) is 3.53. The molecule has 1 aliphatic carbocycles. The zero-order chi connectivity index (χ0) is 17.1. The van der Waals surface area contributed by atoms with Gasteiger partial charge in [0.25, 0.3) is 5.69 Å². The van der Waals surface area contributed by atoms with E-state index in [-0.39, 0.29) is 23.2 Å². The number of nitro groups is 1. The van der Waals surface area contributed by atoms with E-state index in [1.54, 1.807) is 6.26 Å². The Kier molecular flexibility index (Phi) is 4.41. The maximum atomic E-state index is 13.1. The number of halogens is 1. The number of nitrogens with zero attached hydrogens (tertiary/aromatic N) is 1. The zero-order valence-corrected chi connectivity index (χ0v) is 12.7. The number of carbonyl (C=O) groups excluding carboxylic acids is 1. The van der Waals surface area contributed by atoms with Crippen LogP contribution in [0.25, 0.3) is 6.08 Å². The van der Waals surface area contributed by atoms with Crippen LogP contribution in [-0.4, -0.2) is 10.8 Å². The number of nitro benzene ring substituents is 1. The highest BCUT2D eigenvalue weighted by atomic mass is 19.1. The van der Waals surface area contributed by atoms with E-state index in [1.807, 2.05) is 6.07 Å². The van der Waals surface area contributed by atoms with E-state index in [0.717, 1.165) is 42.7 Å². The SMILES string of the molecule is O=C(C=Cc1ccc(F)cc1[N+](=O)[O-])NC1CCCc2occc21. The molecule has 0 aliphatic heterocycles. The highest BCUT2D eigenvalue weighted by Crippen LogP contribution is 2.30. The van der Waals surface area contributed by atoms with Crippen LogP contribution in [0.4, 0.5) is 10.1 Å². The number of amides is 1. The standard InChI is InChI=1S/C17H15FN2O4/c18-12-6-4-11(15(10-12)20(22)23)5-7-17(21)19-14-2-1-3-16-13(14)8-9-24-16/h4-10,14H,1-3H2,(H,19,21). The van der Waals surface area contributed by atoms with Crippen LogP contribution in [0.2, 0.25) is 0 Å². The van der Waals surface area contributed by atoms with Gasteiger partial charge in [-0.3, -0.25) is 14.9 Å². The summed E-state index contributed by atoms with van der Waals surface area (Å²) in [5.41, 5.74) is 0.758. The number of nitrogens with one attached hydrogen (secondary N) is 1. The maximum Gasteiger partial charge on any atom is 0.279 e. The van der Waals surface area contributed by atoms with Crippen molar-refractivity contribution in [3.05, 3.63) is 69.4 Å².